The Balaban J connectivity index is 0.000000263. The molecule has 4 aromatic carbocycles. The minimum absolute atomic E-state index is 0.670. The van der Waals surface area contributed by atoms with Crippen molar-refractivity contribution in [3.63, 3.8) is 0 Å². The van der Waals surface area contributed by atoms with Crippen molar-refractivity contribution >= 4 is 22.0 Å². The number of fused-ring (bicyclic) bond motifs is 1. The van der Waals surface area contributed by atoms with Crippen LogP contribution < -0.4 is 0 Å². The van der Waals surface area contributed by atoms with Crippen LogP contribution in [-0.4, -0.2) is 14.5 Å². The number of rotatable bonds is 9. The minimum atomic E-state index is 0.670. The van der Waals surface area contributed by atoms with Crippen LogP contribution in [0.25, 0.3) is 50.4 Å². The minimum Gasteiger partial charge on any atom is -0.316 e. The molecule has 0 bridgehead atoms. The summed E-state index contributed by atoms with van der Waals surface area (Å²) in [5.41, 5.74) is 13.1. The Labute approximate surface area is 291 Å². The first-order valence-corrected chi connectivity index (χ1v) is 16.5. The van der Waals surface area contributed by atoms with E-state index < -0.39 is 0 Å². The van der Waals surface area contributed by atoms with Gasteiger partial charge in [0.15, 0.2) is 5.82 Å². The third kappa shape index (κ3) is 7.91. The zero-order chi connectivity index (χ0) is 34.8. The number of aromatic nitrogens is 3. The lowest BCUT2D eigenvalue weighted by Gasteiger charge is -2.11. The second-order valence-electron chi connectivity index (χ2n) is 11.8. The average molecular weight is 638 g/mol. The molecule has 0 spiro atoms. The number of hydrogen-bond donors (Lipinski definition) is 0. The number of hydrogen-bond acceptors (Lipinski definition) is 2. The van der Waals surface area contributed by atoms with Crippen molar-refractivity contribution in [1.29, 1.82) is 0 Å². The molecule has 3 nitrogen and oxygen atoms in total. The van der Waals surface area contributed by atoms with Crippen LogP contribution in [0.4, 0.5) is 0 Å². The highest BCUT2D eigenvalue weighted by Crippen LogP contribution is 2.29. The van der Waals surface area contributed by atoms with Gasteiger partial charge in [-0.25, -0.2) is 9.97 Å². The molecule has 6 aromatic rings. The first-order valence-electron chi connectivity index (χ1n) is 16.5. The molecule has 0 atom stereocenters. The lowest BCUT2D eigenvalue weighted by atomic mass is 9.96. The molecular weight excluding hydrogens is 595 g/mol. The molecule has 0 amide bonds. The smallest absolute Gasteiger partial charge is 0.160 e. The van der Waals surface area contributed by atoms with Crippen LogP contribution in [0.5, 0.6) is 0 Å². The van der Waals surface area contributed by atoms with E-state index in [2.05, 4.69) is 148 Å². The van der Waals surface area contributed by atoms with E-state index in [0.29, 0.717) is 5.82 Å². The van der Waals surface area contributed by atoms with Gasteiger partial charge in [0.1, 0.15) is 0 Å². The molecule has 0 aliphatic carbocycles. The molecule has 2 heterocycles. The SMILES string of the molecule is C=C/C(C)=C(\C=C/C)c1ccccc1C.C=C/C=C(\C=C)c1cc(-c2ccccc2)nc(-c2cccc(-n3cc(C)c4ccccc43)c2)n1. The molecule has 0 saturated heterocycles. The molecule has 0 radical (unpaired) electrons. The van der Waals surface area contributed by atoms with E-state index >= 15 is 0 Å². The molecule has 242 valence electrons. The summed E-state index contributed by atoms with van der Waals surface area (Å²) in [5.74, 6) is 0.670. The largest absolute Gasteiger partial charge is 0.316 e. The molecule has 0 unspecified atom stereocenters. The molecule has 0 fully saturated rings. The maximum Gasteiger partial charge on any atom is 0.160 e. The molecule has 3 heteroatoms. The fourth-order valence-electron chi connectivity index (χ4n) is 5.81. The number of nitrogens with zero attached hydrogens (tertiary/aromatic N) is 3. The maximum atomic E-state index is 4.95. The van der Waals surface area contributed by atoms with Gasteiger partial charge < -0.3 is 4.57 Å². The van der Waals surface area contributed by atoms with Crippen molar-refractivity contribution < 1.29 is 0 Å². The molecule has 2 aromatic heterocycles. The zero-order valence-electron chi connectivity index (χ0n) is 28.9. The van der Waals surface area contributed by atoms with Crippen molar-refractivity contribution in [3.8, 4) is 28.3 Å². The summed E-state index contributed by atoms with van der Waals surface area (Å²) in [4.78, 5) is 9.86. The van der Waals surface area contributed by atoms with E-state index in [4.69, 9.17) is 9.97 Å². The molecule has 6 rings (SSSR count). The third-order valence-corrected chi connectivity index (χ3v) is 8.40. The van der Waals surface area contributed by atoms with Gasteiger partial charge in [-0.15, -0.1) is 0 Å². The lowest BCUT2D eigenvalue weighted by Crippen LogP contribution is -1.99. The molecule has 0 aliphatic rings. The highest BCUT2D eigenvalue weighted by molar-refractivity contribution is 5.86. The summed E-state index contributed by atoms with van der Waals surface area (Å²) in [6.07, 6.45) is 13.8. The molecule has 0 saturated carbocycles. The van der Waals surface area contributed by atoms with E-state index in [0.717, 1.165) is 33.8 Å². The topological polar surface area (TPSA) is 30.7 Å². The van der Waals surface area contributed by atoms with Crippen molar-refractivity contribution in [1.82, 2.24) is 14.5 Å². The number of benzene rings is 4. The molecular formula is C46H43N3. The van der Waals surface area contributed by atoms with Crippen molar-refractivity contribution in [2.45, 2.75) is 27.7 Å². The summed E-state index contributed by atoms with van der Waals surface area (Å²) < 4.78 is 2.23. The van der Waals surface area contributed by atoms with Gasteiger partial charge >= 0.3 is 0 Å². The summed E-state index contributed by atoms with van der Waals surface area (Å²) in [5, 5.41) is 1.25. The van der Waals surface area contributed by atoms with Gasteiger partial charge in [-0.2, -0.15) is 0 Å². The van der Waals surface area contributed by atoms with Crippen LogP contribution >= 0.6 is 0 Å². The maximum absolute atomic E-state index is 4.95. The summed E-state index contributed by atoms with van der Waals surface area (Å²) >= 11 is 0. The van der Waals surface area contributed by atoms with Crippen molar-refractivity contribution in [2.24, 2.45) is 0 Å². The van der Waals surface area contributed by atoms with Crippen LogP contribution in [0.2, 0.25) is 0 Å². The van der Waals surface area contributed by atoms with E-state index in [1.54, 1.807) is 12.2 Å². The predicted octanol–water partition coefficient (Wildman–Crippen LogP) is 12.3. The summed E-state index contributed by atoms with van der Waals surface area (Å²) in [6, 6.07) is 37.4. The lowest BCUT2D eigenvalue weighted by molar-refractivity contribution is 1.11. The van der Waals surface area contributed by atoms with Crippen molar-refractivity contribution in [2.75, 3.05) is 0 Å². The summed E-state index contributed by atoms with van der Waals surface area (Å²) in [6.45, 7) is 20.0. The highest BCUT2D eigenvalue weighted by atomic mass is 15.0. The van der Waals surface area contributed by atoms with Gasteiger partial charge in [0, 0.05) is 28.4 Å². The zero-order valence-corrected chi connectivity index (χ0v) is 28.9. The van der Waals surface area contributed by atoms with E-state index in [1.165, 1.54) is 38.7 Å². The fraction of sp³-hybridized carbons (Fsp3) is 0.0870. The Morgan fingerprint density at radius 3 is 2.14 bits per heavy atom. The van der Waals surface area contributed by atoms with Gasteiger partial charge in [0.2, 0.25) is 0 Å². The third-order valence-electron chi connectivity index (χ3n) is 8.40. The Bertz CT molecular complexity index is 2210. The van der Waals surface area contributed by atoms with Crippen LogP contribution in [0.15, 0.2) is 177 Å². The highest BCUT2D eigenvalue weighted by Gasteiger charge is 2.13. The van der Waals surface area contributed by atoms with Crippen LogP contribution in [0, 0.1) is 13.8 Å². The van der Waals surface area contributed by atoms with E-state index in [1.807, 2.05) is 43.3 Å². The second kappa shape index (κ2) is 16.2. The quantitative estimate of drug-likeness (QED) is 0.148. The van der Waals surface area contributed by atoms with Gasteiger partial charge in [-0.3, -0.25) is 0 Å². The Hall–Kier alpha value is -6.06. The molecule has 0 aliphatic heterocycles. The fourth-order valence-corrected chi connectivity index (χ4v) is 5.81. The van der Waals surface area contributed by atoms with Gasteiger partial charge in [-0.1, -0.05) is 141 Å². The van der Waals surface area contributed by atoms with Gasteiger partial charge in [-0.05, 0) is 85.4 Å². The number of allylic oxidation sites excluding steroid dienone is 9. The Kier molecular flexibility index (Phi) is 11.3. The predicted molar refractivity (Wildman–Crippen MR) is 212 cm³/mol. The first-order chi connectivity index (χ1) is 23.9. The average Bonchev–Trinajstić information content (AvgIpc) is 3.49. The summed E-state index contributed by atoms with van der Waals surface area (Å²) in [7, 11) is 0. The van der Waals surface area contributed by atoms with Crippen LogP contribution in [-0.2, 0) is 0 Å². The van der Waals surface area contributed by atoms with Crippen LogP contribution in [0.1, 0.15) is 36.2 Å². The Morgan fingerprint density at radius 1 is 0.714 bits per heavy atom. The monoisotopic (exact) mass is 637 g/mol. The van der Waals surface area contributed by atoms with E-state index in [-0.39, 0.29) is 0 Å². The molecule has 49 heavy (non-hydrogen) atoms. The molecule has 0 N–H and O–H groups in total. The second-order valence-corrected chi connectivity index (χ2v) is 11.8. The Morgan fingerprint density at radius 2 is 1.43 bits per heavy atom. The first kappa shape index (κ1) is 34.3. The van der Waals surface area contributed by atoms with E-state index in [9.17, 15) is 0 Å². The number of para-hydroxylation sites is 1. The normalized spacial score (nSPS) is 11.9. The van der Waals surface area contributed by atoms with Crippen LogP contribution in [0.3, 0.4) is 0 Å². The van der Waals surface area contributed by atoms with Gasteiger partial charge in [0.25, 0.3) is 0 Å². The van der Waals surface area contributed by atoms with Crippen molar-refractivity contribution in [3.05, 3.63) is 200 Å². The standard InChI is InChI=1S/C31H25N3.C15H18/c1-4-12-23(5-2)28-20-29(24-13-7-6-8-14-24)33-31(32-28)25-15-11-16-26(19-25)34-21-22(3)27-17-9-10-18-30(27)34;1-5-9-14(12(3)6-2)15-11-8-7-10-13(15)4/h4-21H,1-2H2,3H3;5-11H,2H2,1,3-4H3/b23-12+;9-5-,14-12+. The number of aryl methyl sites for hydroxylation is 2. The van der Waals surface area contributed by atoms with Gasteiger partial charge in [0.05, 0.1) is 16.9 Å².